The maximum Gasteiger partial charge on any atom is 0.449 e. The van der Waals surface area contributed by atoms with Crippen molar-refractivity contribution in [2.24, 2.45) is 4.99 Å². The molecule has 0 aliphatic carbocycles. The van der Waals surface area contributed by atoms with E-state index in [0.717, 1.165) is 43.3 Å². The standard InChI is InChI=1S/C21H18F7N3O4/c1-3-35-18(33)19(21(26,27)28,30-16(32)12-4-10-15(34-2)11-5-12)31-17(20(23,24)25)29-14-8-6-13(22)7-9-14/h4-11H,3H2,1-2H3,(H,29,31)(H,30,32)/t19-/m1/s1. The third-order valence-corrected chi connectivity index (χ3v) is 4.28. The number of aliphatic imine (C=N–C) groups is 1. The van der Waals surface area contributed by atoms with E-state index in [9.17, 15) is 40.3 Å². The second kappa shape index (κ2) is 10.6. The van der Waals surface area contributed by atoms with Gasteiger partial charge in [0.2, 0.25) is 5.84 Å². The highest BCUT2D eigenvalue weighted by molar-refractivity contribution is 6.03. The van der Waals surface area contributed by atoms with Gasteiger partial charge in [0, 0.05) is 11.3 Å². The van der Waals surface area contributed by atoms with E-state index in [1.54, 1.807) is 5.32 Å². The number of anilines is 1. The van der Waals surface area contributed by atoms with Crippen molar-refractivity contribution in [3.05, 3.63) is 59.9 Å². The molecule has 0 aliphatic rings. The van der Waals surface area contributed by atoms with Crippen molar-refractivity contribution >= 4 is 23.4 Å². The van der Waals surface area contributed by atoms with Crippen LogP contribution in [0.5, 0.6) is 5.75 Å². The third-order valence-electron chi connectivity index (χ3n) is 4.28. The molecule has 7 nitrogen and oxygen atoms in total. The summed E-state index contributed by atoms with van der Waals surface area (Å²) >= 11 is 0. The number of nitrogens with one attached hydrogen (secondary N) is 2. The lowest BCUT2D eigenvalue weighted by Crippen LogP contribution is -2.64. The van der Waals surface area contributed by atoms with E-state index in [4.69, 9.17) is 4.74 Å². The minimum Gasteiger partial charge on any atom is -0.497 e. The molecule has 0 unspecified atom stereocenters. The maximum atomic E-state index is 14.2. The lowest BCUT2D eigenvalue weighted by Gasteiger charge is -2.31. The second-order valence-corrected chi connectivity index (χ2v) is 6.70. The molecule has 0 saturated carbocycles. The number of rotatable bonds is 7. The van der Waals surface area contributed by atoms with Gasteiger partial charge in [-0.15, -0.1) is 0 Å². The molecule has 2 aromatic carbocycles. The average Bonchev–Trinajstić information content (AvgIpc) is 2.78. The lowest BCUT2D eigenvalue weighted by molar-refractivity contribution is -0.209. The van der Waals surface area contributed by atoms with Crippen molar-refractivity contribution in [3.8, 4) is 5.75 Å². The first-order valence-electron chi connectivity index (χ1n) is 9.63. The molecular weight excluding hydrogens is 491 g/mol. The van der Waals surface area contributed by atoms with E-state index in [-0.39, 0.29) is 5.75 Å². The van der Waals surface area contributed by atoms with Crippen LogP contribution in [0.3, 0.4) is 0 Å². The molecule has 0 spiro atoms. The van der Waals surface area contributed by atoms with Crippen molar-refractivity contribution in [2.45, 2.75) is 24.9 Å². The number of carbonyl (C=O) groups is 2. The second-order valence-electron chi connectivity index (χ2n) is 6.70. The fourth-order valence-corrected chi connectivity index (χ4v) is 2.59. The summed E-state index contributed by atoms with van der Waals surface area (Å²) in [5.74, 6) is -6.79. The number of hydrogen-bond donors (Lipinski definition) is 2. The van der Waals surface area contributed by atoms with Crippen LogP contribution in [0, 0.1) is 5.82 Å². The van der Waals surface area contributed by atoms with Crippen LogP contribution in [-0.4, -0.2) is 49.4 Å². The predicted molar refractivity (Wildman–Crippen MR) is 109 cm³/mol. The molecule has 190 valence electrons. The highest BCUT2D eigenvalue weighted by Crippen LogP contribution is 2.35. The monoisotopic (exact) mass is 509 g/mol. The van der Waals surface area contributed by atoms with Gasteiger partial charge in [-0.3, -0.25) is 4.79 Å². The molecule has 0 saturated heterocycles. The first kappa shape index (κ1) is 27.4. The average molecular weight is 509 g/mol. The molecule has 0 aliphatic heterocycles. The van der Waals surface area contributed by atoms with Gasteiger partial charge in [0.15, 0.2) is 0 Å². The zero-order valence-corrected chi connectivity index (χ0v) is 18.1. The summed E-state index contributed by atoms with van der Waals surface area (Å²) in [5.41, 5.74) is -5.43. The topological polar surface area (TPSA) is 89.0 Å². The Morgan fingerprint density at radius 2 is 1.51 bits per heavy atom. The highest BCUT2D eigenvalue weighted by Gasteiger charge is 2.65. The van der Waals surface area contributed by atoms with E-state index in [1.165, 1.54) is 24.6 Å². The van der Waals surface area contributed by atoms with Crippen molar-refractivity contribution < 1.29 is 49.8 Å². The summed E-state index contributed by atoms with van der Waals surface area (Å²) in [6.45, 7) is 0.437. The van der Waals surface area contributed by atoms with Gasteiger partial charge in [-0.2, -0.15) is 26.3 Å². The smallest absolute Gasteiger partial charge is 0.449 e. The molecule has 0 bridgehead atoms. The van der Waals surface area contributed by atoms with Crippen LogP contribution < -0.4 is 15.4 Å². The van der Waals surface area contributed by atoms with Crippen LogP contribution >= 0.6 is 0 Å². The summed E-state index contributed by atoms with van der Waals surface area (Å²) in [7, 11) is 1.28. The Morgan fingerprint density at radius 1 is 0.943 bits per heavy atom. The van der Waals surface area contributed by atoms with Crippen LogP contribution in [0.15, 0.2) is 53.5 Å². The molecule has 0 aromatic heterocycles. The first-order valence-corrected chi connectivity index (χ1v) is 9.63. The first-order chi connectivity index (χ1) is 16.2. The normalized spacial score (nSPS) is 14.0. The molecule has 2 aromatic rings. The quantitative estimate of drug-likeness (QED) is 0.249. The van der Waals surface area contributed by atoms with Gasteiger partial charge in [-0.25, -0.2) is 14.2 Å². The maximum absolute atomic E-state index is 14.2. The van der Waals surface area contributed by atoms with Gasteiger partial charge in [-0.1, -0.05) is 0 Å². The molecule has 1 amide bonds. The number of amidine groups is 1. The fourth-order valence-electron chi connectivity index (χ4n) is 2.59. The van der Waals surface area contributed by atoms with Gasteiger partial charge < -0.3 is 20.1 Å². The minimum atomic E-state index is -5.89. The molecule has 2 rings (SSSR count). The van der Waals surface area contributed by atoms with Gasteiger partial charge in [-0.05, 0) is 55.5 Å². The molecule has 14 heteroatoms. The number of methoxy groups -OCH3 is 1. The SMILES string of the molecule is CCOC(=O)[C@](N=C(Nc1ccc(F)cc1)C(F)(F)F)(NC(=O)c1ccc(OC)cc1)C(F)(F)F. The number of amides is 1. The third kappa shape index (κ3) is 6.61. The number of nitrogens with zero attached hydrogens (tertiary/aromatic N) is 1. The molecule has 35 heavy (non-hydrogen) atoms. The summed E-state index contributed by atoms with van der Waals surface area (Å²) in [5, 5.41) is 2.82. The summed E-state index contributed by atoms with van der Waals surface area (Å²) < 4.78 is 106. The van der Waals surface area contributed by atoms with Crippen LogP contribution in [-0.2, 0) is 9.53 Å². The largest absolute Gasteiger partial charge is 0.497 e. The van der Waals surface area contributed by atoms with Crippen LogP contribution in [0.4, 0.5) is 36.4 Å². The Morgan fingerprint density at radius 3 is 1.97 bits per heavy atom. The summed E-state index contributed by atoms with van der Waals surface area (Å²) in [6, 6.07) is 7.52. The minimum absolute atomic E-state index is 0.231. The van der Waals surface area contributed by atoms with Gasteiger partial charge in [0.1, 0.15) is 11.6 Å². The summed E-state index contributed by atoms with van der Waals surface area (Å²) in [4.78, 5) is 27.6. The Kier molecular flexibility index (Phi) is 8.31. The zero-order valence-electron chi connectivity index (χ0n) is 18.1. The van der Waals surface area contributed by atoms with Crippen molar-refractivity contribution in [1.29, 1.82) is 0 Å². The van der Waals surface area contributed by atoms with E-state index >= 15 is 0 Å². The number of ether oxygens (including phenoxy) is 2. The number of esters is 1. The fraction of sp³-hybridized carbons (Fsp3) is 0.286. The van der Waals surface area contributed by atoms with Crippen molar-refractivity contribution in [1.82, 2.24) is 5.32 Å². The Bertz CT molecular complexity index is 1070. The van der Waals surface area contributed by atoms with E-state index in [2.05, 4.69) is 9.73 Å². The van der Waals surface area contributed by atoms with Gasteiger partial charge in [0.25, 0.3) is 5.91 Å². The molecular formula is C21H18F7N3O4. The van der Waals surface area contributed by atoms with E-state index in [1.807, 2.05) is 0 Å². The van der Waals surface area contributed by atoms with Gasteiger partial charge in [0.05, 0.1) is 13.7 Å². The Balaban J connectivity index is 2.66. The van der Waals surface area contributed by atoms with Crippen LogP contribution in [0.25, 0.3) is 0 Å². The summed E-state index contributed by atoms with van der Waals surface area (Å²) in [6.07, 6.45) is -11.5. The van der Waals surface area contributed by atoms with Crippen molar-refractivity contribution in [3.63, 3.8) is 0 Å². The zero-order chi connectivity index (χ0) is 26.4. The molecule has 1 atom stereocenters. The number of halogens is 7. The molecule has 0 fully saturated rings. The number of benzene rings is 2. The highest BCUT2D eigenvalue weighted by atomic mass is 19.4. The Labute approximate surface area is 193 Å². The van der Waals surface area contributed by atoms with Crippen LogP contribution in [0.1, 0.15) is 17.3 Å². The molecule has 0 heterocycles. The molecule has 2 N–H and O–H groups in total. The number of hydrogen-bond acceptors (Lipinski definition) is 5. The molecule has 0 radical (unpaired) electrons. The van der Waals surface area contributed by atoms with Crippen molar-refractivity contribution in [2.75, 3.05) is 19.0 Å². The lowest BCUT2D eigenvalue weighted by atomic mass is 10.1. The van der Waals surface area contributed by atoms with E-state index in [0.29, 0.717) is 0 Å². The Hall–Kier alpha value is -3.84. The number of alkyl halides is 6. The van der Waals surface area contributed by atoms with Crippen LogP contribution in [0.2, 0.25) is 0 Å². The predicted octanol–water partition coefficient (Wildman–Crippen LogP) is 4.46. The van der Waals surface area contributed by atoms with Gasteiger partial charge >= 0.3 is 24.0 Å². The number of carbonyl (C=O) groups excluding carboxylic acids is 2. The van der Waals surface area contributed by atoms with E-state index < -0.39 is 59.4 Å².